The van der Waals surface area contributed by atoms with Gasteiger partial charge in [0.05, 0.1) is 17.4 Å². The van der Waals surface area contributed by atoms with E-state index in [0.29, 0.717) is 0 Å². The maximum atomic E-state index is 4.46. The van der Waals surface area contributed by atoms with Crippen LogP contribution in [0.4, 0.5) is 0 Å². The fourth-order valence-corrected chi connectivity index (χ4v) is 2.49. The first-order chi connectivity index (χ1) is 9.15. The molecule has 1 N–H and O–H groups in total. The van der Waals surface area contributed by atoms with Crippen LogP contribution in [0, 0.1) is 6.92 Å². The molecule has 0 aliphatic heterocycles. The number of benzene rings is 1. The SMILES string of the molecule is CCNC(c1cccc(CC)c1)c1cc(C)nn1C. The Hall–Kier alpha value is -1.61. The molecule has 0 radical (unpaired) electrons. The van der Waals surface area contributed by atoms with E-state index in [1.54, 1.807) is 0 Å². The number of aryl methyl sites for hydroxylation is 3. The van der Waals surface area contributed by atoms with Gasteiger partial charge in [0.2, 0.25) is 0 Å². The molecule has 1 aromatic carbocycles. The van der Waals surface area contributed by atoms with E-state index < -0.39 is 0 Å². The molecule has 3 nitrogen and oxygen atoms in total. The lowest BCUT2D eigenvalue weighted by atomic mass is 10.00. The third-order valence-corrected chi connectivity index (χ3v) is 3.43. The first-order valence-electron chi connectivity index (χ1n) is 6.98. The maximum Gasteiger partial charge on any atom is 0.0748 e. The predicted octanol–water partition coefficient (Wildman–Crippen LogP) is 2.99. The molecule has 0 aliphatic rings. The van der Waals surface area contributed by atoms with Crippen LogP contribution in [0.25, 0.3) is 0 Å². The zero-order valence-corrected chi connectivity index (χ0v) is 12.3. The van der Waals surface area contributed by atoms with Gasteiger partial charge in [0.25, 0.3) is 0 Å². The van der Waals surface area contributed by atoms with E-state index >= 15 is 0 Å². The normalized spacial score (nSPS) is 12.6. The van der Waals surface area contributed by atoms with Crippen molar-refractivity contribution in [3.05, 3.63) is 52.8 Å². The second kappa shape index (κ2) is 6.02. The molecule has 102 valence electrons. The summed E-state index contributed by atoms with van der Waals surface area (Å²) in [5, 5.41) is 8.02. The molecule has 1 atom stereocenters. The highest BCUT2D eigenvalue weighted by Gasteiger charge is 2.17. The van der Waals surface area contributed by atoms with Gasteiger partial charge in [-0.05, 0) is 37.1 Å². The Morgan fingerprint density at radius 1 is 1.26 bits per heavy atom. The van der Waals surface area contributed by atoms with Gasteiger partial charge in [-0.1, -0.05) is 38.1 Å². The minimum atomic E-state index is 0.211. The highest BCUT2D eigenvalue weighted by atomic mass is 15.3. The molecule has 0 saturated carbocycles. The Morgan fingerprint density at radius 2 is 2.05 bits per heavy atom. The van der Waals surface area contributed by atoms with Crippen molar-refractivity contribution in [1.82, 2.24) is 15.1 Å². The summed E-state index contributed by atoms with van der Waals surface area (Å²) in [7, 11) is 2.01. The van der Waals surface area contributed by atoms with Crippen LogP contribution >= 0.6 is 0 Å². The third-order valence-electron chi connectivity index (χ3n) is 3.43. The first-order valence-corrected chi connectivity index (χ1v) is 6.98. The molecule has 19 heavy (non-hydrogen) atoms. The summed E-state index contributed by atoms with van der Waals surface area (Å²) in [6.45, 7) is 7.30. The van der Waals surface area contributed by atoms with Crippen molar-refractivity contribution in [1.29, 1.82) is 0 Å². The lowest BCUT2D eigenvalue weighted by molar-refractivity contribution is 0.571. The molecule has 0 amide bonds. The van der Waals surface area contributed by atoms with Crippen LogP contribution in [0.3, 0.4) is 0 Å². The molecule has 0 aliphatic carbocycles. The molecule has 2 rings (SSSR count). The van der Waals surface area contributed by atoms with Crippen LogP contribution < -0.4 is 5.32 Å². The van der Waals surface area contributed by atoms with Gasteiger partial charge in [-0.3, -0.25) is 4.68 Å². The summed E-state index contributed by atoms with van der Waals surface area (Å²) in [6, 6.07) is 11.2. The van der Waals surface area contributed by atoms with E-state index in [1.165, 1.54) is 16.8 Å². The van der Waals surface area contributed by atoms with E-state index in [9.17, 15) is 0 Å². The van der Waals surface area contributed by atoms with Crippen LogP contribution in [-0.2, 0) is 13.5 Å². The second-order valence-corrected chi connectivity index (χ2v) is 4.92. The molecule has 1 aromatic heterocycles. The van der Waals surface area contributed by atoms with Crippen molar-refractivity contribution < 1.29 is 0 Å². The quantitative estimate of drug-likeness (QED) is 0.892. The van der Waals surface area contributed by atoms with Gasteiger partial charge < -0.3 is 5.32 Å². The van der Waals surface area contributed by atoms with Crippen molar-refractivity contribution in [2.24, 2.45) is 7.05 Å². The smallest absolute Gasteiger partial charge is 0.0748 e. The van der Waals surface area contributed by atoms with Gasteiger partial charge in [-0.25, -0.2) is 0 Å². The fourth-order valence-electron chi connectivity index (χ4n) is 2.49. The lowest BCUT2D eigenvalue weighted by Gasteiger charge is -2.19. The maximum absolute atomic E-state index is 4.46. The largest absolute Gasteiger partial charge is 0.305 e. The van der Waals surface area contributed by atoms with Gasteiger partial charge >= 0.3 is 0 Å². The molecule has 0 saturated heterocycles. The van der Waals surface area contributed by atoms with Gasteiger partial charge in [0.15, 0.2) is 0 Å². The first kappa shape index (κ1) is 13.8. The summed E-state index contributed by atoms with van der Waals surface area (Å²) in [5.41, 5.74) is 4.96. The summed E-state index contributed by atoms with van der Waals surface area (Å²) >= 11 is 0. The Kier molecular flexibility index (Phi) is 4.38. The average molecular weight is 257 g/mol. The standard InChI is InChI=1S/C16H23N3/c1-5-13-8-7-9-14(11-13)16(17-6-2)15-10-12(3)18-19(15)4/h7-11,16-17H,5-6H2,1-4H3. The van der Waals surface area contributed by atoms with Crippen LogP contribution in [-0.4, -0.2) is 16.3 Å². The number of aromatic nitrogens is 2. The lowest BCUT2D eigenvalue weighted by Crippen LogP contribution is -2.24. The van der Waals surface area contributed by atoms with Crippen LogP contribution in [0.15, 0.2) is 30.3 Å². The van der Waals surface area contributed by atoms with Crippen molar-refractivity contribution in [2.45, 2.75) is 33.2 Å². The molecule has 1 heterocycles. The summed E-state index contributed by atoms with van der Waals surface area (Å²) in [6.07, 6.45) is 1.07. The van der Waals surface area contributed by atoms with Gasteiger partial charge in [-0.15, -0.1) is 0 Å². The van der Waals surface area contributed by atoms with Crippen LogP contribution in [0.1, 0.15) is 42.4 Å². The molecule has 1 unspecified atom stereocenters. The fraction of sp³-hybridized carbons (Fsp3) is 0.438. The Morgan fingerprint density at radius 3 is 2.63 bits per heavy atom. The zero-order chi connectivity index (χ0) is 13.8. The topological polar surface area (TPSA) is 29.9 Å². The highest BCUT2D eigenvalue weighted by molar-refractivity contribution is 5.32. The Balaban J connectivity index is 2.41. The van der Waals surface area contributed by atoms with Crippen LogP contribution in [0.2, 0.25) is 0 Å². The number of nitrogens with zero attached hydrogens (tertiary/aromatic N) is 2. The van der Waals surface area contributed by atoms with Crippen molar-refractivity contribution in [3.63, 3.8) is 0 Å². The molecule has 0 bridgehead atoms. The predicted molar refractivity (Wildman–Crippen MR) is 79.3 cm³/mol. The summed E-state index contributed by atoms with van der Waals surface area (Å²) < 4.78 is 1.97. The highest BCUT2D eigenvalue weighted by Crippen LogP contribution is 2.23. The van der Waals surface area contributed by atoms with Gasteiger partial charge in [0, 0.05) is 7.05 Å². The monoisotopic (exact) mass is 257 g/mol. The minimum Gasteiger partial charge on any atom is -0.305 e. The van der Waals surface area contributed by atoms with Crippen molar-refractivity contribution in [2.75, 3.05) is 6.54 Å². The summed E-state index contributed by atoms with van der Waals surface area (Å²) in [5.74, 6) is 0. The molecule has 0 spiro atoms. The second-order valence-electron chi connectivity index (χ2n) is 4.92. The van der Waals surface area contributed by atoms with E-state index in [2.05, 4.69) is 54.6 Å². The number of hydrogen-bond acceptors (Lipinski definition) is 2. The number of hydrogen-bond donors (Lipinski definition) is 1. The Labute approximate surface area is 115 Å². The van der Waals surface area contributed by atoms with E-state index in [4.69, 9.17) is 0 Å². The van der Waals surface area contributed by atoms with Gasteiger partial charge in [0.1, 0.15) is 0 Å². The average Bonchev–Trinajstić information content (AvgIpc) is 2.75. The van der Waals surface area contributed by atoms with E-state index in [-0.39, 0.29) is 6.04 Å². The minimum absolute atomic E-state index is 0.211. The van der Waals surface area contributed by atoms with Crippen LogP contribution in [0.5, 0.6) is 0 Å². The number of nitrogens with one attached hydrogen (secondary N) is 1. The Bertz CT molecular complexity index is 543. The van der Waals surface area contributed by atoms with Crippen molar-refractivity contribution >= 4 is 0 Å². The molecular formula is C16H23N3. The molecule has 2 aromatic rings. The molecule has 3 heteroatoms. The van der Waals surface area contributed by atoms with Crippen molar-refractivity contribution in [3.8, 4) is 0 Å². The third kappa shape index (κ3) is 3.04. The van der Waals surface area contributed by atoms with Gasteiger partial charge in [-0.2, -0.15) is 5.10 Å². The molecular weight excluding hydrogens is 234 g/mol. The van der Waals surface area contributed by atoms with E-state index in [0.717, 1.165) is 18.7 Å². The summed E-state index contributed by atoms with van der Waals surface area (Å²) in [4.78, 5) is 0. The van der Waals surface area contributed by atoms with E-state index in [1.807, 2.05) is 18.7 Å². The number of rotatable bonds is 5. The molecule has 0 fully saturated rings. The zero-order valence-electron chi connectivity index (χ0n) is 12.3.